The van der Waals surface area contributed by atoms with Crippen LogP contribution in [0, 0.1) is 0 Å². The van der Waals surface area contributed by atoms with Crippen LogP contribution >= 0.6 is 0 Å². The summed E-state index contributed by atoms with van der Waals surface area (Å²) in [5, 5.41) is 3.45. The van der Waals surface area contributed by atoms with Crippen LogP contribution in [0.2, 0.25) is 0 Å². The van der Waals surface area contributed by atoms with Gasteiger partial charge in [0.2, 0.25) is 0 Å². The number of benzene rings is 2. The maximum Gasteiger partial charge on any atom is 0.258 e. The normalized spacial score (nSPS) is 15.6. The number of fused-ring (bicyclic) bond motifs is 1. The second kappa shape index (κ2) is 9.28. The molecule has 1 heterocycles. The molecule has 0 aromatic heterocycles. The van der Waals surface area contributed by atoms with Gasteiger partial charge < -0.3 is 24.4 Å². The van der Waals surface area contributed by atoms with E-state index >= 15 is 0 Å². The Bertz CT molecular complexity index is 837. The standard InChI is InChI=1S/C22H26N2O4/c1-4-12-24-21(23-18-9-7-6-8-17(18)22(24)25)16-10-11-19(20(15-16)26-3)28-14-13-27-5-2/h4,6-11,15,21,23H,1,5,12-14H2,2-3H3. The summed E-state index contributed by atoms with van der Waals surface area (Å²) >= 11 is 0. The lowest BCUT2D eigenvalue weighted by atomic mass is 10.0. The van der Waals surface area contributed by atoms with Gasteiger partial charge in [0.05, 0.1) is 19.3 Å². The molecule has 1 unspecified atom stereocenters. The van der Waals surface area contributed by atoms with Crippen LogP contribution in [0.15, 0.2) is 55.1 Å². The SMILES string of the molecule is C=CCN1C(=O)c2ccccc2NC1c1ccc(OCCOCC)c(OC)c1. The number of nitrogens with zero attached hydrogens (tertiary/aromatic N) is 1. The van der Waals surface area contributed by atoms with E-state index < -0.39 is 0 Å². The topological polar surface area (TPSA) is 60.0 Å². The predicted molar refractivity (Wildman–Crippen MR) is 109 cm³/mol. The summed E-state index contributed by atoms with van der Waals surface area (Å²) in [6.45, 7) is 7.78. The molecule has 6 nitrogen and oxygen atoms in total. The summed E-state index contributed by atoms with van der Waals surface area (Å²) in [5.41, 5.74) is 2.37. The van der Waals surface area contributed by atoms with Crippen molar-refractivity contribution >= 4 is 11.6 Å². The highest BCUT2D eigenvalue weighted by Gasteiger charge is 2.32. The van der Waals surface area contributed by atoms with Gasteiger partial charge in [0.15, 0.2) is 11.5 Å². The number of rotatable bonds is 9. The van der Waals surface area contributed by atoms with Gasteiger partial charge in [-0.05, 0) is 36.8 Å². The Morgan fingerprint density at radius 1 is 1.18 bits per heavy atom. The fourth-order valence-corrected chi connectivity index (χ4v) is 3.21. The number of para-hydroxylation sites is 1. The Labute approximate surface area is 165 Å². The third kappa shape index (κ3) is 4.12. The third-order valence-electron chi connectivity index (χ3n) is 4.54. The largest absolute Gasteiger partial charge is 0.493 e. The van der Waals surface area contributed by atoms with Gasteiger partial charge in [0, 0.05) is 18.8 Å². The van der Waals surface area contributed by atoms with Gasteiger partial charge in [-0.25, -0.2) is 0 Å². The van der Waals surface area contributed by atoms with Gasteiger partial charge in [-0.15, -0.1) is 6.58 Å². The number of hydrogen-bond acceptors (Lipinski definition) is 5. The van der Waals surface area contributed by atoms with Gasteiger partial charge in [0.1, 0.15) is 12.8 Å². The molecule has 1 atom stereocenters. The van der Waals surface area contributed by atoms with Gasteiger partial charge in [-0.1, -0.05) is 24.3 Å². The summed E-state index contributed by atoms with van der Waals surface area (Å²) in [7, 11) is 1.60. The average Bonchev–Trinajstić information content (AvgIpc) is 2.73. The van der Waals surface area contributed by atoms with Crippen molar-refractivity contribution in [2.24, 2.45) is 0 Å². The summed E-state index contributed by atoms with van der Waals surface area (Å²) in [6, 6.07) is 13.2. The van der Waals surface area contributed by atoms with Crippen LogP contribution < -0.4 is 14.8 Å². The zero-order valence-corrected chi connectivity index (χ0v) is 16.3. The molecule has 0 fully saturated rings. The Kier molecular flexibility index (Phi) is 6.55. The zero-order valence-electron chi connectivity index (χ0n) is 16.3. The fraction of sp³-hybridized carbons (Fsp3) is 0.318. The first-order valence-corrected chi connectivity index (χ1v) is 9.35. The van der Waals surface area contributed by atoms with Crippen LogP contribution in [0.25, 0.3) is 0 Å². The Morgan fingerprint density at radius 2 is 2.00 bits per heavy atom. The highest BCUT2D eigenvalue weighted by molar-refractivity contribution is 6.01. The number of hydrogen-bond donors (Lipinski definition) is 1. The van der Waals surface area contributed by atoms with E-state index in [-0.39, 0.29) is 12.1 Å². The van der Waals surface area contributed by atoms with E-state index in [1.165, 1.54) is 0 Å². The first kappa shape index (κ1) is 19.8. The molecule has 0 saturated carbocycles. The van der Waals surface area contributed by atoms with Crippen LogP contribution in [-0.2, 0) is 4.74 Å². The number of carbonyl (C=O) groups excluding carboxylic acids is 1. The minimum atomic E-state index is -0.327. The van der Waals surface area contributed by atoms with Gasteiger partial charge in [-0.3, -0.25) is 4.79 Å². The molecule has 1 aliphatic rings. The van der Waals surface area contributed by atoms with E-state index in [1.54, 1.807) is 18.1 Å². The average molecular weight is 382 g/mol. The maximum absolute atomic E-state index is 13.0. The molecule has 2 aromatic rings. The summed E-state index contributed by atoms with van der Waals surface area (Å²) in [5.74, 6) is 1.22. The van der Waals surface area contributed by atoms with E-state index in [0.717, 1.165) is 11.3 Å². The molecular formula is C22H26N2O4. The molecule has 148 valence electrons. The molecule has 1 amide bonds. The van der Waals surface area contributed by atoms with Crippen LogP contribution in [0.1, 0.15) is 29.0 Å². The first-order chi connectivity index (χ1) is 13.7. The van der Waals surface area contributed by atoms with E-state index in [4.69, 9.17) is 14.2 Å². The smallest absolute Gasteiger partial charge is 0.258 e. The van der Waals surface area contributed by atoms with E-state index in [1.807, 2.05) is 49.4 Å². The fourth-order valence-electron chi connectivity index (χ4n) is 3.21. The molecule has 3 rings (SSSR count). The minimum Gasteiger partial charge on any atom is -0.493 e. The van der Waals surface area contributed by atoms with Gasteiger partial charge in [-0.2, -0.15) is 0 Å². The van der Waals surface area contributed by atoms with Crippen molar-refractivity contribution in [3.05, 3.63) is 66.2 Å². The molecule has 28 heavy (non-hydrogen) atoms. The number of anilines is 1. The van der Waals surface area contributed by atoms with E-state index in [2.05, 4.69) is 11.9 Å². The summed E-state index contributed by atoms with van der Waals surface area (Å²) in [6.07, 6.45) is 1.40. The van der Waals surface area contributed by atoms with Crippen LogP contribution in [0.4, 0.5) is 5.69 Å². The van der Waals surface area contributed by atoms with Crippen LogP contribution in [0.3, 0.4) is 0 Å². The molecule has 0 bridgehead atoms. The molecule has 0 saturated heterocycles. The van der Waals surface area contributed by atoms with E-state index in [9.17, 15) is 4.79 Å². The molecule has 1 aliphatic heterocycles. The number of amides is 1. The number of carbonyl (C=O) groups is 1. The Morgan fingerprint density at radius 3 is 2.75 bits per heavy atom. The number of nitrogens with one attached hydrogen (secondary N) is 1. The van der Waals surface area contributed by atoms with Gasteiger partial charge >= 0.3 is 0 Å². The zero-order chi connectivity index (χ0) is 19.9. The van der Waals surface area contributed by atoms with E-state index in [0.29, 0.717) is 43.4 Å². The van der Waals surface area contributed by atoms with Crippen molar-refractivity contribution in [3.8, 4) is 11.5 Å². The summed E-state index contributed by atoms with van der Waals surface area (Å²) < 4.78 is 16.6. The lowest BCUT2D eigenvalue weighted by molar-refractivity contribution is 0.0707. The molecule has 0 aliphatic carbocycles. The molecule has 0 radical (unpaired) electrons. The highest BCUT2D eigenvalue weighted by atomic mass is 16.5. The van der Waals surface area contributed by atoms with Crippen LogP contribution in [0.5, 0.6) is 11.5 Å². The van der Waals surface area contributed by atoms with Crippen molar-refractivity contribution in [1.29, 1.82) is 0 Å². The molecule has 2 aromatic carbocycles. The number of ether oxygens (including phenoxy) is 3. The minimum absolute atomic E-state index is 0.0322. The highest BCUT2D eigenvalue weighted by Crippen LogP contribution is 2.36. The van der Waals surface area contributed by atoms with Crippen molar-refractivity contribution < 1.29 is 19.0 Å². The lowest BCUT2D eigenvalue weighted by Crippen LogP contribution is -2.42. The molecule has 6 heteroatoms. The van der Waals surface area contributed by atoms with Crippen molar-refractivity contribution in [2.45, 2.75) is 13.1 Å². The van der Waals surface area contributed by atoms with Crippen molar-refractivity contribution in [3.63, 3.8) is 0 Å². The molecule has 1 N–H and O–H groups in total. The second-order valence-corrected chi connectivity index (χ2v) is 6.29. The number of methoxy groups -OCH3 is 1. The Hall–Kier alpha value is -2.99. The quantitative estimate of drug-likeness (QED) is 0.527. The van der Waals surface area contributed by atoms with Gasteiger partial charge in [0.25, 0.3) is 5.91 Å². The maximum atomic E-state index is 13.0. The Balaban J connectivity index is 1.88. The molecule has 0 spiro atoms. The monoisotopic (exact) mass is 382 g/mol. The lowest BCUT2D eigenvalue weighted by Gasteiger charge is -2.37. The first-order valence-electron chi connectivity index (χ1n) is 9.35. The van der Waals surface area contributed by atoms with Crippen molar-refractivity contribution in [1.82, 2.24) is 4.90 Å². The van der Waals surface area contributed by atoms with Crippen LogP contribution in [-0.4, -0.2) is 44.3 Å². The third-order valence-corrected chi connectivity index (χ3v) is 4.54. The molecular weight excluding hydrogens is 356 g/mol. The second-order valence-electron chi connectivity index (χ2n) is 6.29. The van der Waals surface area contributed by atoms with Crippen molar-refractivity contribution in [2.75, 3.05) is 38.8 Å². The predicted octanol–water partition coefficient (Wildman–Crippen LogP) is 3.86. The summed E-state index contributed by atoms with van der Waals surface area (Å²) in [4.78, 5) is 14.7.